The van der Waals surface area contributed by atoms with E-state index in [0.717, 1.165) is 30.7 Å². The summed E-state index contributed by atoms with van der Waals surface area (Å²) in [5.74, 6) is -0.0336. The molecule has 1 N–H and O–H groups in total. The second kappa shape index (κ2) is 7.21. The smallest absolute Gasteiger partial charge is 0.243 e. The van der Waals surface area contributed by atoms with E-state index in [1.165, 1.54) is 23.4 Å². The number of thiazole rings is 1. The van der Waals surface area contributed by atoms with Crippen LogP contribution in [0.3, 0.4) is 0 Å². The number of likely N-dealkylation sites (tertiary alicyclic amines) is 1. The van der Waals surface area contributed by atoms with Crippen molar-refractivity contribution in [3.8, 4) is 0 Å². The van der Waals surface area contributed by atoms with E-state index in [4.69, 9.17) is 4.98 Å². The fourth-order valence-corrected chi connectivity index (χ4v) is 4.72. The molecule has 3 rings (SSSR count). The van der Waals surface area contributed by atoms with Crippen LogP contribution in [0.15, 0.2) is 0 Å². The molecule has 1 aromatic heterocycles. The lowest BCUT2D eigenvalue weighted by Crippen LogP contribution is -2.47. The van der Waals surface area contributed by atoms with E-state index in [2.05, 4.69) is 5.32 Å². The van der Waals surface area contributed by atoms with Gasteiger partial charge in [0.25, 0.3) is 0 Å². The van der Waals surface area contributed by atoms with Crippen molar-refractivity contribution in [1.29, 1.82) is 0 Å². The van der Waals surface area contributed by atoms with E-state index < -0.39 is 0 Å². The zero-order chi connectivity index (χ0) is 17.3. The van der Waals surface area contributed by atoms with Gasteiger partial charge in [-0.15, -0.1) is 11.3 Å². The molecular weight excluding hydrogens is 322 g/mol. The normalized spacial score (nSPS) is 21.7. The van der Waals surface area contributed by atoms with Gasteiger partial charge in [-0.2, -0.15) is 0 Å². The molecule has 1 aliphatic heterocycles. The first-order chi connectivity index (χ1) is 11.5. The van der Waals surface area contributed by atoms with Crippen molar-refractivity contribution in [3.05, 3.63) is 15.6 Å². The second-order valence-corrected chi connectivity index (χ2v) is 8.32. The van der Waals surface area contributed by atoms with Crippen molar-refractivity contribution in [2.75, 3.05) is 6.54 Å². The Hall–Kier alpha value is -1.43. The van der Waals surface area contributed by atoms with Gasteiger partial charge in [0, 0.05) is 17.3 Å². The van der Waals surface area contributed by atoms with Crippen LogP contribution in [0, 0.1) is 5.92 Å². The Morgan fingerprint density at radius 1 is 1.21 bits per heavy atom. The molecule has 2 atom stereocenters. The van der Waals surface area contributed by atoms with Gasteiger partial charge in [-0.3, -0.25) is 9.59 Å². The number of hydrogen-bond acceptors (Lipinski definition) is 4. The van der Waals surface area contributed by atoms with Crippen molar-refractivity contribution < 1.29 is 9.59 Å². The first kappa shape index (κ1) is 17.4. The fourth-order valence-electron chi connectivity index (χ4n) is 3.56. The summed E-state index contributed by atoms with van der Waals surface area (Å²) in [6, 6.07) is -0.415. The summed E-state index contributed by atoms with van der Waals surface area (Å²) in [4.78, 5) is 32.8. The van der Waals surface area contributed by atoms with E-state index >= 15 is 0 Å². The Labute approximate surface area is 147 Å². The molecule has 24 heavy (non-hydrogen) atoms. The Balaban J connectivity index is 1.65. The summed E-state index contributed by atoms with van der Waals surface area (Å²) < 4.78 is 0. The van der Waals surface area contributed by atoms with Gasteiger partial charge in [0.05, 0.1) is 11.7 Å². The second-order valence-electron chi connectivity index (χ2n) is 7.20. The van der Waals surface area contributed by atoms with E-state index in [9.17, 15) is 9.59 Å². The minimum absolute atomic E-state index is 0.0397. The Morgan fingerprint density at radius 3 is 2.67 bits per heavy atom. The lowest BCUT2D eigenvalue weighted by molar-refractivity contribution is -0.141. The minimum atomic E-state index is -0.322. The van der Waals surface area contributed by atoms with E-state index in [-0.39, 0.29) is 29.8 Å². The topological polar surface area (TPSA) is 62.3 Å². The molecule has 0 aromatic carbocycles. The molecule has 1 aliphatic carbocycles. The summed E-state index contributed by atoms with van der Waals surface area (Å²) >= 11 is 1.73. The quantitative estimate of drug-likeness (QED) is 0.909. The summed E-state index contributed by atoms with van der Waals surface area (Å²) in [6.45, 7) is 6.46. The lowest BCUT2D eigenvalue weighted by atomic mass is 10.0. The third kappa shape index (κ3) is 3.48. The van der Waals surface area contributed by atoms with Gasteiger partial charge in [0.1, 0.15) is 11.0 Å². The Morgan fingerprint density at radius 2 is 1.96 bits per heavy atom. The molecule has 0 unspecified atom stereocenters. The van der Waals surface area contributed by atoms with Gasteiger partial charge in [0.15, 0.2) is 0 Å². The summed E-state index contributed by atoms with van der Waals surface area (Å²) in [5.41, 5.74) is 1.22. The average Bonchev–Trinajstić information content (AvgIpc) is 3.20. The molecule has 0 radical (unpaired) electrons. The third-order valence-corrected chi connectivity index (χ3v) is 6.26. The molecule has 5 nitrogen and oxygen atoms in total. The number of carbonyl (C=O) groups is 2. The first-order valence-corrected chi connectivity index (χ1v) is 9.88. The predicted molar refractivity (Wildman–Crippen MR) is 94.9 cm³/mol. The highest BCUT2D eigenvalue weighted by atomic mass is 32.1. The van der Waals surface area contributed by atoms with Crippen LogP contribution >= 0.6 is 11.3 Å². The number of aromatic nitrogens is 1. The highest BCUT2D eigenvalue weighted by Crippen LogP contribution is 2.30. The van der Waals surface area contributed by atoms with E-state index in [1.807, 2.05) is 20.8 Å². The van der Waals surface area contributed by atoms with Gasteiger partial charge in [-0.1, -0.05) is 13.8 Å². The van der Waals surface area contributed by atoms with Gasteiger partial charge in [-0.05, 0) is 45.4 Å². The van der Waals surface area contributed by atoms with Crippen LogP contribution in [0.2, 0.25) is 0 Å². The number of rotatable bonds is 4. The van der Waals surface area contributed by atoms with Crippen molar-refractivity contribution >= 4 is 23.2 Å². The number of nitrogens with one attached hydrogen (secondary N) is 1. The summed E-state index contributed by atoms with van der Waals surface area (Å²) in [5, 5.41) is 4.08. The van der Waals surface area contributed by atoms with Gasteiger partial charge >= 0.3 is 0 Å². The molecule has 2 amide bonds. The van der Waals surface area contributed by atoms with Crippen molar-refractivity contribution in [1.82, 2.24) is 15.2 Å². The largest absolute Gasteiger partial charge is 0.345 e. The van der Waals surface area contributed by atoms with Crippen LogP contribution in [-0.2, 0) is 22.4 Å². The SMILES string of the molecule is CC(C)C(=O)N1CCC[C@@H]1C(=O)N[C@H](C)c1nc2c(s1)CCCC2. The van der Waals surface area contributed by atoms with Gasteiger partial charge in [0.2, 0.25) is 11.8 Å². The molecular formula is C18H27N3O2S. The molecule has 1 aromatic rings. The highest BCUT2D eigenvalue weighted by molar-refractivity contribution is 7.11. The maximum atomic E-state index is 12.7. The molecule has 1 saturated heterocycles. The Kier molecular flexibility index (Phi) is 5.23. The molecule has 1 fully saturated rings. The number of carbonyl (C=O) groups excluding carboxylic acids is 2. The monoisotopic (exact) mass is 349 g/mol. The average molecular weight is 350 g/mol. The lowest BCUT2D eigenvalue weighted by Gasteiger charge is -2.26. The molecule has 6 heteroatoms. The van der Waals surface area contributed by atoms with Gasteiger partial charge in [-0.25, -0.2) is 4.98 Å². The van der Waals surface area contributed by atoms with E-state index in [1.54, 1.807) is 16.2 Å². The Bertz CT molecular complexity index is 602. The summed E-state index contributed by atoms with van der Waals surface area (Å²) in [7, 11) is 0. The van der Waals surface area contributed by atoms with Crippen LogP contribution in [0.1, 0.15) is 68.1 Å². The van der Waals surface area contributed by atoms with Crippen LogP contribution in [-0.4, -0.2) is 34.3 Å². The number of hydrogen-bond donors (Lipinski definition) is 1. The molecule has 132 valence electrons. The van der Waals surface area contributed by atoms with Crippen molar-refractivity contribution in [2.24, 2.45) is 5.92 Å². The molecule has 2 heterocycles. The number of aryl methyl sites for hydroxylation is 2. The van der Waals surface area contributed by atoms with Crippen LogP contribution in [0.4, 0.5) is 0 Å². The van der Waals surface area contributed by atoms with Crippen molar-refractivity contribution in [2.45, 2.75) is 71.4 Å². The maximum absolute atomic E-state index is 12.7. The fraction of sp³-hybridized carbons (Fsp3) is 0.722. The standard InChI is InChI=1S/C18H27N3O2S/c1-11(2)18(23)21-10-6-8-14(21)16(22)19-12(3)17-20-13-7-4-5-9-15(13)24-17/h11-12,14H,4-10H2,1-3H3,(H,19,22)/t12-,14-/m1/s1. The zero-order valence-corrected chi connectivity index (χ0v) is 15.6. The van der Waals surface area contributed by atoms with Gasteiger partial charge < -0.3 is 10.2 Å². The molecule has 0 saturated carbocycles. The molecule has 2 aliphatic rings. The summed E-state index contributed by atoms with van der Waals surface area (Å²) in [6.07, 6.45) is 6.29. The minimum Gasteiger partial charge on any atom is -0.345 e. The van der Waals surface area contributed by atoms with Crippen molar-refractivity contribution in [3.63, 3.8) is 0 Å². The number of fused-ring (bicyclic) bond motifs is 1. The van der Waals surface area contributed by atoms with Crippen LogP contribution < -0.4 is 5.32 Å². The molecule has 0 spiro atoms. The van der Waals surface area contributed by atoms with Crippen LogP contribution in [0.5, 0.6) is 0 Å². The predicted octanol–water partition coefficient (Wildman–Crippen LogP) is 2.85. The number of amides is 2. The zero-order valence-electron chi connectivity index (χ0n) is 14.8. The first-order valence-electron chi connectivity index (χ1n) is 9.06. The van der Waals surface area contributed by atoms with E-state index in [0.29, 0.717) is 6.54 Å². The molecule has 0 bridgehead atoms. The maximum Gasteiger partial charge on any atom is 0.243 e. The third-order valence-electron chi connectivity index (χ3n) is 4.92. The highest BCUT2D eigenvalue weighted by Gasteiger charge is 2.35. The number of nitrogens with zero attached hydrogens (tertiary/aromatic N) is 2. The van der Waals surface area contributed by atoms with Crippen LogP contribution in [0.25, 0.3) is 0 Å².